The number of carbonyl (C=O) groups is 1. The van der Waals surface area contributed by atoms with Gasteiger partial charge in [0.15, 0.2) is 5.11 Å². The molecule has 1 aliphatic rings. The van der Waals surface area contributed by atoms with Gasteiger partial charge in [-0.25, -0.2) is 4.79 Å². The zero-order chi connectivity index (χ0) is 16.3. The highest BCUT2D eigenvalue weighted by Crippen LogP contribution is 2.28. The van der Waals surface area contributed by atoms with Crippen LogP contribution in [0.3, 0.4) is 0 Å². The molecule has 118 valence electrons. The Kier molecular flexibility index (Phi) is 5.42. The van der Waals surface area contributed by atoms with Crippen LogP contribution in [0.25, 0.3) is 0 Å². The second-order valence-corrected chi connectivity index (χ2v) is 6.46. The summed E-state index contributed by atoms with van der Waals surface area (Å²) in [5, 5.41) is 7.23. The first kappa shape index (κ1) is 16.8. The van der Waals surface area contributed by atoms with E-state index >= 15 is 0 Å². The molecular weight excluding hydrogens is 320 g/mol. The van der Waals surface area contributed by atoms with Crippen LogP contribution in [0.15, 0.2) is 35.5 Å². The molecule has 0 unspecified atom stereocenters. The van der Waals surface area contributed by atoms with E-state index < -0.39 is 0 Å². The molecule has 1 heterocycles. The summed E-state index contributed by atoms with van der Waals surface area (Å²) in [4.78, 5) is 12.4. The Balaban J connectivity index is 2.32. The molecule has 1 aromatic rings. The van der Waals surface area contributed by atoms with Gasteiger partial charge in [-0.1, -0.05) is 37.6 Å². The first-order chi connectivity index (χ1) is 10.4. The fraction of sp³-hybridized carbons (Fsp3) is 0.375. The Morgan fingerprint density at radius 1 is 1.36 bits per heavy atom. The first-order valence-corrected chi connectivity index (χ1v) is 7.88. The topological polar surface area (TPSA) is 50.4 Å². The van der Waals surface area contributed by atoms with Crippen LogP contribution in [0.2, 0.25) is 5.02 Å². The number of benzene rings is 1. The fourth-order valence-electron chi connectivity index (χ4n) is 2.19. The third-order valence-corrected chi connectivity index (χ3v) is 3.71. The van der Waals surface area contributed by atoms with Crippen molar-refractivity contribution >= 4 is 34.9 Å². The minimum atomic E-state index is -0.342. The maximum Gasteiger partial charge on any atom is 0.338 e. The Labute approximate surface area is 140 Å². The van der Waals surface area contributed by atoms with Crippen molar-refractivity contribution in [2.75, 3.05) is 6.61 Å². The molecule has 0 radical (unpaired) electrons. The molecule has 4 nitrogen and oxygen atoms in total. The van der Waals surface area contributed by atoms with Crippen LogP contribution in [0.4, 0.5) is 0 Å². The van der Waals surface area contributed by atoms with Crippen LogP contribution in [0.1, 0.15) is 32.4 Å². The van der Waals surface area contributed by atoms with Crippen LogP contribution < -0.4 is 10.6 Å². The van der Waals surface area contributed by atoms with E-state index in [4.69, 9.17) is 28.6 Å². The largest absolute Gasteiger partial charge is 0.462 e. The van der Waals surface area contributed by atoms with Gasteiger partial charge in [-0.2, -0.15) is 0 Å². The molecule has 2 rings (SSSR count). The molecule has 0 amide bonds. The van der Waals surface area contributed by atoms with Crippen molar-refractivity contribution in [3.63, 3.8) is 0 Å². The third kappa shape index (κ3) is 3.99. The molecule has 0 fully saturated rings. The summed E-state index contributed by atoms with van der Waals surface area (Å²) in [6.45, 7) is 6.20. The molecule has 22 heavy (non-hydrogen) atoms. The molecule has 0 saturated heterocycles. The molecule has 6 heteroatoms. The SMILES string of the molecule is CC1=C(C(=O)OCC(C)C)[C@@H](c2ccc(Cl)cc2)NC(=S)N1. The van der Waals surface area contributed by atoms with E-state index in [1.165, 1.54) is 0 Å². The van der Waals surface area contributed by atoms with E-state index in [9.17, 15) is 4.79 Å². The van der Waals surface area contributed by atoms with Gasteiger partial charge >= 0.3 is 5.97 Å². The van der Waals surface area contributed by atoms with Crippen LogP contribution >= 0.6 is 23.8 Å². The van der Waals surface area contributed by atoms with Crippen molar-refractivity contribution in [2.45, 2.75) is 26.8 Å². The number of nitrogens with one attached hydrogen (secondary N) is 2. The van der Waals surface area contributed by atoms with Gasteiger partial charge in [0.2, 0.25) is 0 Å². The van der Waals surface area contributed by atoms with Gasteiger partial charge in [0, 0.05) is 10.7 Å². The molecule has 2 N–H and O–H groups in total. The number of thiocarbonyl (C=S) groups is 1. The van der Waals surface area contributed by atoms with Gasteiger partial charge in [-0.05, 0) is 42.8 Å². The molecular formula is C16H19ClN2O2S. The summed E-state index contributed by atoms with van der Waals surface area (Å²) in [5.74, 6) is -0.0573. The summed E-state index contributed by atoms with van der Waals surface area (Å²) in [6.07, 6.45) is 0. The molecule has 0 bridgehead atoms. The lowest BCUT2D eigenvalue weighted by atomic mass is 9.96. The lowest BCUT2D eigenvalue weighted by Gasteiger charge is -2.30. The second-order valence-electron chi connectivity index (χ2n) is 5.61. The lowest BCUT2D eigenvalue weighted by molar-refractivity contribution is -0.140. The minimum absolute atomic E-state index is 0.282. The number of ether oxygens (including phenoxy) is 1. The van der Waals surface area contributed by atoms with E-state index in [-0.39, 0.29) is 17.9 Å². The Hall–Kier alpha value is -1.59. The minimum Gasteiger partial charge on any atom is -0.462 e. The highest BCUT2D eigenvalue weighted by atomic mass is 35.5. The monoisotopic (exact) mass is 338 g/mol. The maximum atomic E-state index is 12.4. The number of rotatable bonds is 4. The summed E-state index contributed by atoms with van der Waals surface area (Å²) in [6, 6.07) is 6.98. The smallest absolute Gasteiger partial charge is 0.338 e. The predicted octanol–water partition coefficient (Wildman–Crippen LogP) is 3.33. The molecule has 0 spiro atoms. The van der Waals surface area contributed by atoms with Crippen LogP contribution in [0, 0.1) is 5.92 Å². The number of carbonyl (C=O) groups excluding carboxylic acids is 1. The number of hydrogen-bond donors (Lipinski definition) is 2. The van der Waals surface area contributed by atoms with Crippen LogP contribution in [-0.4, -0.2) is 17.7 Å². The third-order valence-electron chi connectivity index (χ3n) is 3.24. The van der Waals surface area contributed by atoms with Gasteiger partial charge in [0.05, 0.1) is 18.2 Å². The summed E-state index contributed by atoms with van der Waals surface area (Å²) < 4.78 is 5.38. The van der Waals surface area contributed by atoms with Gasteiger partial charge in [-0.3, -0.25) is 0 Å². The van der Waals surface area contributed by atoms with Gasteiger partial charge in [0.25, 0.3) is 0 Å². The van der Waals surface area contributed by atoms with Crippen LogP contribution in [-0.2, 0) is 9.53 Å². The van der Waals surface area contributed by atoms with E-state index in [1.807, 2.05) is 32.9 Å². The summed E-state index contributed by atoms with van der Waals surface area (Å²) in [5.41, 5.74) is 2.15. The summed E-state index contributed by atoms with van der Waals surface area (Å²) in [7, 11) is 0. The van der Waals surface area contributed by atoms with Crippen molar-refractivity contribution in [2.24, 2.45) is 5.92 Å². The normalized spacial score (nSPS) is 18.0. The quantitative estimate of drug-likeness (QED) is 0.651. The van der Waals surface area contributed by atoms with E-state index in [0.29, 0.717) is 28.0 Å². The van der Waals surface area contributed by atoms with Crippen molar-refractivity contribution in [1.82, 2.24) is 10.6 Å². The maximum absolute atomic E-state index is 12.4. The molecule has 1 aliphatic heterocycles. The molecule has 1 aromatic carbocycles. The predicted molar refractivity (Wildman–Crippen MR) is 91.6 cm³/mol. The molecule has 0 aliphatic carbocycles. The molecule has 0 aromatic heterocycles. The van der Waals surface area contributed by atoms with Crippen molar-refractivity contribution in [3.8, 4) is 0 Å². The number of allylic oxidation sites excluding steroid dienone is 1. The average molecular weight is 339 g/mol. The average Bonchev–Trinajstić information content (AvgIpc) is 2.44. The van der Waals surface area contributed by atoms with Gasteiger partial charge in [0.1, 0.15) is 0 Å². The zero-order valence-electron chi connectivity index (χ0n) is 12.8. The van der Waals surface area contributed by atoms with Gasteiger partial charge in [-0.15, -0.1) is 0 Å². The van der Waals surface area contributed by atoms with Crippen molar-refractivity contribution < 1.29 is 9.53 Å². The Bertz CT molecular complexity index is 611. The van der Waals surface area contributed by atoms with Crippen molar-refractivity contribution in [1.29, 1.82) is 0 Å². The zero-order valence-corrected chi connectivity index (χ0v) is 14.3. The number of hydrogen-bond acceptors (Lipinski definition) is 3. The fourth-order valence-corrected chi connectivity index (χ4v) is 2.59. The van der Waals surface area contributed by atoms with E-state index in [0.717, 1.165) is 5.56 Å². The molecule has 1 atom stereocenters. The van der Waals surface area contributed by atoms with Crippen LogP contribution in [0.5, 0.6) is 0 Å². The van der Waals surface area contributed by atoms with Gasteiger partial charge < -0.3 is 15.4 Å². The second kappa shape index (κ2) is 7.11. The highest BCUT2D eigenvalue weighted by molar-refractivity contribution is 7.80. The number of halogens is 1. The molecule has 0 saturated carbocycles. The number of esters is 1. The van der Waals surface area contributed by atoms with Crippen molar-refractivity contribution in [3.05, 3.63) is 46.1 Å². The Morgan fingerprint density at radius 3 is 2.59 bits per heavy atom. The standard InChI is InChI=1S/C16H19ClN2O2S/c1-9(2)8-21-15(20)13-10(3)18-16(22)19-14(13)11-4-6-12(17)7-5-11/h4-7,9,14H,8H2,1-3H3,(H2,18,19,22)/t14-/m1/s1. The Morgan fingerprint density at radius 2 is 2.00 bits per heavy atom. The van der Waals surface area contributed by atoms with E-state index in [2.05, 4.69) is 10.6 Å². The highest BCUT2D eigenvalue weighted by Gasteiger charge is 2.30. The summed E-state index contributed by atoms with van der Waals surface area (Å²) >= 11 is 11.1. The van der Waals surface area contributed by atoms with E-state index in [1.54, 1.807) is 12.1 Å². The first-order valence-electron chi connectivity index (χ1n) is 7.09. The lowest BCUT2D eigenvalue weighted by Crippen LogP contribution is -2.45.